The molecule has 2 aromatic rings. The second-order valence-corrected chi connectivity index (χ2v) is 13.1. The van der Waals surface area contributed by atoms with Gasteiger partial charge in [0.05, 0.1) is 13.2 Å². The van der Waals surface area contributed by atoms with Crippen molar-refractivity contribution in [1.29, 1.82) is 0 Å². The van der Waals surface area contributed by atoms with Gasteiger partial charge < -0.3 is 29.7 Å². The normalized spacial score (nSPS) is 33.8. The second kappa shape index (κ2) is 10.7. The van der Waals surface area contributed by atoms with Crippen molar-refractivity contribution in [3.05, 3.63) is 71.3 Å². The number of hydrogen-bond donors (Lipinski definition) is 3. The minimum absolute atomic E-state index is 0.0815. The van der Waals surface area contributed by atoms with Gasteiger partial charge in [0.25, 0.3) is 0 Å². The molecule has 3 N–H and O–H groups in total. The van der Waals surface area contributed by atoms with Gasteiger partial charge in [0.15, 0.2) is 11.8 Å². The van der Waals surface area contributed by atoms with Crippen molar-refractivity contribution >= 4 is 18.0 Å². The largest absolute Gasteiger partial charge is 0.508 e. The van der Waals surface area contributed by atoms with E-state index < -0.39 is 47.6 Å². The standard InChI is InChI=1S/C34H38N2O8/c37-17-16-35-32(40)33-18-26-27-28(43-34(42-27,23-12-13-23)24-14-15-24)30(33)44-36(29(33)31(39)41-26)19-21-10-8-20(9-11-21)4-3-6-22-5-1-2-7-25(22)38/h1-5,7-11,23-24,26-30,37-38H,6,12-19H2,(H,35,40)/t26-,27+,28+,29+,30-,33+/m1/s1. The Bertz CT molecular complexity index is 1460. The molecular weight excluding hydrogens is 564 g/mol. The van der Waals surface area contributed by atoms with E-state index in [1.807, 2.05) is 48.6 Å². The summed E-state index contributed by atoms with van der Waals surface area (Å²) >= 11 is 0. The first-order valence-corrected chi connectivity index (χ1v) is 15.8. The number of carbonyl (C=O) groups is 2. The Balaban J connectivity index is 1.05. The highest BCUT2D eigenvalue weighted by Crippen LogP contribution is 2.63. The lowest BCUT2D eigenvalue weighted by Crippen LogP contribution is -2.69. The molecule has 0 spiro atoms. The van der Waals surface area contributed by atoms with Gasteiger partial charge in [-0.15, -0.1) is 0 Å². The number of hydrogen-bond acceptors (Lipinski definition) is 9. The molecule has 1 amide bonds. The van der Waals surface area contributed by atoms with E-state index in [4.69, 9.17) is 19.0 Å². The van der Waals surface area contributed by atoms with E-state index in [0.29, 0.717) is 18.3 Å². The summed E-state index contributed by atoms with van der Waals surface area (Å²) in [5.74, 6) is -0.612. The summed E-state index contributed by atoms with van der Waals surface area (Å²) in [7, 11) is 0. The van der Waals surface area contributed by atoms with Gasteiger partial charge in [0, 0.05) is 24.8 Å². The summed E-state index contributed by atoms with van der Waals surface area (Å²) in [5, 5.41) is 23.9. The van der Waals surface area contributed by atoms with E-state index in [9.17, 15) is 19.8 Å². The number of amides is 1. The molecule has 3 heterocycles. The van der Waals surface area contributed by atoms with Crippen LogP contribution in [0.15, 0.2) is 54.6 Å². The van der Waals surface area contributed by atoms with Crippen molar-refractivity contribution in [2.45, 2.75) is 81.3 Å². The smallest absolute Gasteiger partial charge is 0.327 e. The molecule has 44 heavy (non-hydrogen) atoms. The predicted molar refractivity (Wildman–Crippen MR) is 156 cm³/mol. The maximum absolute atomic E-state index is 13.9. The number of aliphatic hydroxyl groups excluding tert-OH is 1. The molecule has 10 nitrogen and oxygen atoms in total. The number of aromatic hydroxyl groups is 1. The number of rotatable bonds is 10. The SMILES string of the molecule is O=C1O[C@@H]2C[C@@]3(C(=O)NCCO)[C@H](ON(Cc4ccc(C=CCc5ccccc5O)cc4)[C@@H]13)[C@H]1OC(C3CC3)(C3CC3)O[C@H]12. The maximum atomic E-state index is 13.9. The number of phenolic OH excluding ortho intramolecular Hbond substituents is 1. The number of hydroxylamine groups is 2. The van der Waals surface area contributed by atoms with Crippen LogP contribution in [0.3, 0.4) is 0 Å². The van der Waals surface area contributed by atoms with Crippen molar-refractivity contribution in [2.75, 3.05) is 13.2 Å². The highest BCUT2D eigenvalue weighted by Gasteiger charge is 2.78. The van der Waals surface area contributed by atoms with Crippen LogP contribution >= 0.6 is 0 Å². The monoisotopic (exact) mass is 602 g/mol. The van der Waals surface area contributed by atoms with Crippen molar-refractivity contribution in [3.63, 3.8) is 0 Å². The lowest BCUT2D eigenvalue weighted by atomic mass is 9.62. The zero-order chi connectivity index (χ0) is 30.1. The topological polar surface area (TPSA) is 127 Å². The maximum Gasteiger partial charge on any atom is 0.327 e. The van der Waals surface area contributed by atoms with Crippen LogP contribution in [0.2, 0.25) is 0 Å². The quantitative estimate of drug-likeness (QED) is 0.352. The third-order valence-electron chi connectivity index (χ3n) is 10.3. The molecule has 0 unspecified atom stereocenters. The number of benzene rings is 2. The zero-order valence-corrected chi connectivity index (χ0v) is 24.5. The summed E-state index contributed by atoms with van der Waals surface area (Å²) in [6.07, 6.45) is 6.70. The number of nitrogens with one attached hydrogen (secondary N) is 1. The Hall–Kier alpha value is -3.28. The average Bonchev–Trinajstić information content (AvgIpc) is 3.97. The van der Waals surface area contributed by atoms with Gasteiger partial charge in [0.2, 0.25) is 5.91 Å². The molecule has 3 saturated carbocycles. The Morgan fingerprint density at radius 2 is 1.75 bits per heavy atom. The number of nitrogens with zero attached hydrogens (tertiary/aromatic N) is 1. The van der Waals surface area contributed by atoms with Gasteiger partial charge >= 0.3 is 5.97 Å². The Labute approximate surface area is 255 Å². The number of ether oxygens (including phenoxy) is 3. The van der Waals surface area contributed by atoms with Crippen molar-refractivity contribution in [2.24, 2.45) is 17.3 Å². The fourth-order valence-electron chi connectivity index (χ4n) is 7.92. The summed E-state index contributed by atoms with van der Waals surface area (Å²) < 4.78 is 19.6. The molecule has 232 valence electrons. The fraction of sp³-hybridized carbons (Fsp3) is 0.529. The molecule has 10 heteroatoms. The van der Waals surface area contributed by atoms with Gasteiger partial charge in [-0.3, -0.25) is 14.4 Å². The number of fused-ring (bicyclic) bond motifs is 4. The molecule has 3 aliphatic heterocycles. The molecule has 3 saturated heterocycles. The lowest BCUT2D eigenvalue weighted by molar-refractivity contribution is -0.235. The van der Waals surface area contributed by atoms with Gasteiger partial charge in [-0.1, -0.05) is 54.6 Å². The number of allylic oxidation sites excluding steroid dienone is 1. The van der Waals surface area contributed by atoms with Gasteiger partial charge in [-0.25, -0.2) is 0 Å². The van der Waals surface area contributed by atoms with Crippen LogP contribution in [0.1, 0.15) is 48.8 Å². The minimum atomic E-state index is -1.23. The number of esters is 1. The summed E-state index contributed by atoms with van der Waals surface area (Å²) in [4.78, 5) is 34.3. The molecule has 6 aliphatic rings. The lowest BCUT2D eigenvalue weighted by Gasteiger charge is -2.48. The van der Waals surface area contributed by atoms with E-state index >= 15 is 0 Å². The average molecular weight is 603 g/mol. The zero-order valence-electron chi connectivity index (χ0n) is 24.5. The van der Waals surface area contributed by atoms with Crippen molar-refractivity contribution in [1.82, 2.24) is 10.4 Å². The van der Waals surface area contributed by atoms with Crippen LogP contribution in [0.5, 0.6) is 5.75 Å². The highest BCUT2D eigenvalue weighted by atomic mass is 16.8. The summed E-state index contributed by atoms with van der Waals surface area (Å²) in [6, 6.07) is 14.3. The van der Waals surface area contributed by atoms with Crippen LogP contribution in [0.4, 0.5) is 0 Å². The first-order valence-electron chi connectivity index (χ1n) is 15.8. The van der Waals surface area contributed by atoms with E-state index in [-0.39, 0.29) is 37.8 Å². The Kier molecular flexibility index (Phi) is 6.84. The molecule has 0 aromatic heterocycles. The third kappa shape index (κ3) is 4.49. The number of carbonyl (C=O) groups excluding carboxylic acids is 2. The van der Waals surface area contributed by atoms with Gasteiger partial charge in [-0.2, -0.15) is 5.06 Å². The molecule has 8 rings (SSSR count). The Morgan fingerprint density at radius 3 is 2.45 bits per heavy atom. The minimum Gasteiger partial charge on any atom is -0.508 e. The fourth-order valence-corrected chi connectivity index (χ4v) is 7.92. The van der Waals surface area contributed by atoms with Crippen molar-refractivity contribution < 1.29 is 38.9 Å². The number of phenols is 1. The number of aliphatic hydroxyl groups is 1. The first kappa shape index (κ1) is 28.2. The third-order valence-corrected chi connectivity index (χ3v) is 10.3. The van der Waals surface area contributed by atoms with Crippen LogP contribution in [0.25, 0.3) is 6.08 Å². The first-order chi connectivity index (χ1) is 21.4. The van der Waals surface area contributed by atoms with E-state index in [1.165, 1.54) is 0 Å². The van der Waals surface area contributed by atoms with E-state index in [2.05, 4.69) is 5.32 Å². The van der Waals surface area contributed by atoms with Crippen LogP contribution in [-0.4, -0.2) is 76.5 Å². The second-order valence-electron chi connectivity index (χ2n) is 13.1. The van der Waals surface area contributed by atoms with Gasteiger partial charge in [0.1, 0.15) is 35.6 Å². The molecule has 6 fully saturated rings. The summed E-state index contributed by atoms with van der Waals surface area (Å²) in [5.41, 5.74) is 1.54. The molecule has 2 aromatic carbocycles. The number of para-hydroxylation sites is 1. The van der Waals surface area contributed by atoms with E-state index in [1.54, 1.807) is 17.2 Å². The molecule has 2 bridgehead atoms. The summed E-state index contributed by atoms with van der Waals surface area (Å²) in [6.45, 7) is 0.145. The molecule has 6 atom stereocenters. The molecule has 0 radical (unpaired) electrons. The van der Waals surface area contributed by atoms with Crippen LogP contribution in [0, 0.1) is 17.3 Å². The van der Waals surface area contributed by atoms with Gasteiger partial charge in [-0.05, 0) is 54.9 Å². The molecule has 3 aliphatic carbocycles. The Morgan fingerprint density at radius 1 is 1.02 bits per heavy atom. The van der Waals surface area contributed by atoms with E-state index in [0.717, 1.165) is 42.4 Å². The van der Waals surface area contributed by atoms with Crippen molar-refractivity contribution in [3.8, 4) is 5.75 Å². The highest BCUT2D eigenvalue weighted by molar-refractivity contribution is 5.93. The predicted octanol–water partition coefficient (Wildman–Crippen LogP) is 2.86. The van der Waals surface area contributed by atoms with Crippen LogP contribution < -0.4 is 5.32 Å². The molecular formula is C34H38N2O8. The van der Waals surface area contributed by atoms with Crippen LogP contribution in [-0.2, 0) is 41.6 Å².